The van der Waals surface area contributed by atoms with Gasteiger partial charge >= 0.3 is 0 Å². The predicted molar refractivity (Wildman–Crippen MR) is 112 cm³/mol. The first-order chi connectivity index (χ1) is 13.2. The molecule has 2 aromatic rings. The van der Waals surface area contributed by atoms with Crippen molar-refractivity contribution in [3.63, 3.8) is 0 Å². The van der Waals surface area contributed by atoms with Gasteiger partial charge in [-0.05, 0) is 13.6 Å². The zero-order valence-corrected chi connectivity index (χ0v) is 16.5. The average Bonchev–Trinajstić information content (AvgIpc) is 2.74. The summed E-state index contributed by atoms with van der Waals surface area (Å²) in [4.78, 5) is 19.5. The minimum Gasteiger partial charge on any atom is -0.354 e. The summed E-state index contributed by atoms with van der Waals surface area (Å²) in [6.07, 6.45) is 0. The maximum Gasteiger partial charge on any atom is 0.227 e. The molecule has 27 heavy (non-hydrogen) atoms. The van der Waals surface area contributed by atoms with E-state index in [1.807, 2.05) is 0 Å². The second-order valence-corrected chi connectivity index (χ2v) is 7.49. The molecule has 2 fully saturated rings. The Morgan fingerprint density at radius 3 is 2.15 bits per heavy atom. The summed E-state index contributed by atoms with van der Waals surface area (Å²) in [6.45, 7) is 11.7. The van der Waals surface area contributed by atoms with Gasteiger partial charge in [-0.15, -0.1) is 0 Å². The monoisotopic (exact) mass is 366 g/mol. The molecule has 3 heterocycles. The zero-order chi connectivity index (χ0) is 18.6. The number of nitrogens with zero attached hydrogens (tertiary/aromatic N) is 6. The highest BCUT2D eigenvalue weighted by Crippen LogP contribution is 2.26. The lowest BCUT2D eigenvalue weighted by Gasteiger charge is -2.36. The first kappa shape index (κ1) is 18.2. The fraction of sp³-hybridized carbons (Fsp3) is 0.524. The molecule has 2 aliphatic rings. The molecular weight excluding hydrogens is 336 g/mol. The second kappa shape index (κ2) is 8.23. The highest BCUT2D eigenvalue weighted by atomic mass is 15.3. The lowest BCUT2D eigenvalue weighted by Crippen LogP contribution is -2.47. The third-order valence-electron chi connectivity index (χ3n) is 5.70. The van der Waals surface area contributed by atoms with Gasteiger partial charge in [-0.1, -0.05) is 37.3 Å². The topological polar surface area (TPSA) is 38.7 Å². The van der Waals surface area contributed by atoms with Gasteiger partial charge in [0.25, 0.3) is 0 Å². The number of aromatic nitrogens is 2. The van der Waals surface area contributed by atoms with Crippen LogP contribution in [0, 0.1) is 0 Å². The first-order valence-corrected chi connectivity index (χ1v) is 10.1. The Morgan fingerprint density at radius 1 is 0.815 bits per heavy atom. The smallest absolute Gasteiger partial charge is 0.227 e. The SMILES string of the molecule is CCN1CCN(c2cc(-c3ccccc3)nc(N3CCN(C)CC3)n2)CC1. The maximum atomic E-state index is 4.99. The molecule has 2 aliphatic heterocycles. The van der Waals surface area contributed by atoms with E-state index >= 15 is 0 Å². The van der Waals surface area contributed by atoms with Crippen molar-refractivity contribution in [2.24, 2.45) is 0 Å². The van der Waals surface area contributed by atoms with Gasteiger partial charge in [0, 0.05) is 64.0 Å². The summed E-state index contributed by atoms with van der Waals surface area (Å²) in [5, 5.41) is 0. The van der Waals surface area contributed by atoms with Gasteiger partial charge in [0.05, 0.1) is 5.69 Å². The molecule has 0 unspecified atom stereocenters. The molecule has 0 aliphatic carbocycles. The van der Waals surface area contributed by atoms with E-state index in [2.05, 4.69) is 70.0 Å². The van der Waals surface area contributed by atoms with E-state index < -0.39 is 0 Å². The fourth-order valence-corrected chi connectivity index (χ4v) is 3.78. The van der Waals surface area contributed by atoms with Crippen molar-refractivity contribution < 1.29 is 0 Å². The Kier molecular flexibility index (Phi) is 5.55. The third-order valence-corrected chi connectivity index (χ3v) is 5.70. The van der Waals surface area contributed by atoms with Gasteiger partial charge in [0.15, 0.2) is 0 Å². The number of rotatable bonds is 4. The maximum absolute atomic E-state index is 4.99. The molecule has 4 rings (SSSR count). The number of benzene rings is 1. The third kappa shape index (κ3) is 4.22. The lowest BCUT2D eigenvalue weighted by atomic mass is 10.1. The molecule has 6 heteroatoms. The molecule has 0 radical (unpaired) electrons. The van der Waals surface area contributed by atoms with Gasteiger partial charge in [0.1, 0.15) is 5.82 Å². The number of hydrogen-bond acceptors (Lipinski definition) is 6. The molecular formula is C21H30N6. The van der Waals surface area contributed by atoms with E-state index in [0.717, 1.165) is 81.9 Å². The average molecular weight is 367 g/mol. The van der Waals surface area contributed by atoms with Gasteiger partial charge in [-0.2, -0.15) is 4.98 Å². The highest BCUT2D eigenvalue weighted by molar-refractivity contribution is 5.65. The van der Waals surface area contributed by atoms with Crippen LogP contribution < -0.4 is 9.80 Å². The van der Waals surface area contributed by atoms with Gasteiger partial charge in [-0.25, -0.2) is 4.98 Å². The van der Waals surface area contributed by atoms with Gasteiger partial charge in [-0.3, -0.25) is 0 Å². The molecule has 1 aromatic heterocycles. The van der Waals surface area contributed by atoms with Crippen molar-refractivity contribution in [2.75, 3.05) is 75.8 Å². The fourth-order valence-electron chi connectivity index (χ4n) is 3.78. The Bertz CT molecular complexity index is 734. The second-order valence-electron chi connectivity index (χ2n) is 7.49. The first-order valence-electron chi connectivity index (χ1n) is 10.1. The molecule has 2 saturated heterocycles. The quantitative estimate of drug-likeness (QED) is 0.825. The van der Waals surface area contributed by atoms with Crippen LogP contribution in [0.1, 0.15) is 6.92 Å². The Labute approximate surface area is 162 Å². The van der Waals surface area contributed by atoms with E-state index in [1.165, 1.54) is 0 Å². The van der Waals surface area contributed by atoms with Gasteiger partial charge < -0.3 is 19.6 Å². The normalized spacial score (nSPS) is 19.5. The molecule has 0 saturated carbocycles. The van der Waals surface area contributed by atoms with E-state index in [0.29, 0.717) is 0 Å². The minimum absolute atomic E-state index is 0.873. The lowest BCUT2D eigenvalue weighted by molar-refractivity contribution is 0.270. The summed E-state index contributed by atoms with van der Waals surface area (Å²) in [7, 11) is 2.18. The highest BCUT2D eigenvalue weighted by Gasteiger charge is 2.22. The van der Waals surface area contributed by atoms with E-state index in [9.17, 15) is 0 Å². The molecule has 1 aromatic carbocycles. The molecule has 0 atom stereocenters. The molecule has 0 N–H and O–H groups in total. The van der Waals surface area contributed by atoms with Crippen molar-refractivity contribution in [1.82, 2.24) is 19.8 Å². The number of piperazine rings is 2. The number of hydrogen-bond donors (Lipinski definition) is 0. The van der Waals surface area contributed by atoms with Crippen molar-refractivity contribution >= 4 is 11.8 Å². The van der Waals surface area contributed by atoms with Crippen LogP contribution in [0.2, 0.25) is 0 Å². The van der Waals surface area contributed by atoms with Crippen LogP contribution >= 0.6 is 0 Å². The zero-order valence-electron chi connectivity index (χ0n) is 16.5. The number of likely N-dealkylation sites (N-methyl/N-ethyl adjacent to an activating group) is 2. The molecule has 0 bridgehead atoms. The van der Waals surface area contributed by atoms with Crippen molar-refractivity contribution in [3.8, 4) is 11.3 Å². The van der Waals surface area contributed by atoms with Crippen LogP contribution in [-0.4, -0.2) is 85.7 Å². The van der Waals surface area contributed by atoms with Crippen molar-refractivity contribution in [3.05, 3.63) is 36.4 Å². The van der Waals surface area contributed by atoms with Crippen molar-refractivity contribution in [1.29, 1.82) is 0 Å². The standard InChI is InChI=1S/C21H30N6/c1-3-25-11-15-26(16-12-25)20-17-19(18-7-5-4-6-8-18)22-21(23-20)27-13-9-24(2)10-14-27/h4-8,17H,3,9-16H2,1-2H3. The van der Waals surface area contributed by atoms with E-state index in [1.54, 1.807) is 0 Å². The van der Waals surface area contributed by atoms with Crippen LogP contribution in [0.15, 0.2) is 36.4 Å². The largest absolute Gasteiger partial charge is 0.354 e. The molecule has 0 amide bonds. The summed E-state index contributed by atoms with van der Waals surface area (Å²) in [6, 6.07) is 12.6. The van der Waals surface area contributed by atoms with Crippen LogP contribution in [0.3, 0.4) is 0 Å². The molecule has 0 spiro atoms. The van der Waals surface area contributed by atoms with Gasteiger partial charge in [0.2, 0.25) is 5.95 Å². The Balaban J connectivity index is 1.64. The van der Waals surface area contributed by atoms with Crippen LogP contribution in [0.25, 0.3) is 11.3 Å². The molecule has 144 valence electrons. The Morgan fingerprint density at radius 2 is 1.48 bits per heavy atom. The van der Waals surface area contributed by atoms with Crippen LogP contribution in [0.4, 0.5) is 11.8 Å². The van der Waals surface area contributed by atoms with Crippen LogP contribution in [-0.2, 0) is 0 Å². The summed E-state index contributed by atoms with van der Waals surface area (Å²) in [5.74, 6) is 1.94. The summed E-state index contributed by atoms with van der Waals surface area (Å²) < 4.78 is 0. The predicted octanol–water partition coefficient (Wildman–Crippen LogP) is 2.04. The summed E-state index contributed by atoms with van der Waals surface area (Å²) >= 11 is 0. The van der Waals surface area contributed by atoms with Crippen molar-refractivity contribution in [2.45, 2.75) is 6.92 Å². The molecule has 6 nitrogen and oxygen atoms in total. The van der Waals surface area contributed by atoms with E-state index in [4.69, 9.17) is 9.97 Å². The minimum atomic E-state index is 0.873. The van der Waals surface area contributed by atoms with E-state index in [-0.39, 0.29) is 0 Å². The Hall–Kier alpha value is -2.18. The summed E-state index contributed by atoms with van der Waals surface area (Å²) in [5.41, 5.74) is 2.18. The van der Waals surface area contributed by atoms with Crippen LogP contribution in [0.5, 0.6) is 0 Å². The number of anilines is 2.